The van der Waals surface area contributed by atoms with Gasteiger partial charge in [0, 0.05) is 31.2 Å². The third kappa shape index (κ3) is 3.16. The summed E-state index contributed by atoms with van der Waals surface area (Å²) in [4.78, 5) is 19.0. The number of rotatable bonds is 4. The molecule has 1 amide bonds. The van der Waals surface area contributed by atoms with E-state index in [0.717, 1.165) is 5.56 Å². The van der Waals surface area contributed by atoms with Gasteiger partial charge in [-0.1, -0.05) is 6.07 Å². The van der Waals surface area contributed by atoms with Gasteiger partial charge in [-0.05, 0) is 43.5 Å². The van der Waals surface area contributed by atoms with Crippen LogP contribution in [0.15, 0.2) is 47.6 Å². The van der Waals surface area contributed by atoms with Crippen molar-refractivity contribution < 1.29 is 13.2 Å². The highest BCUT2D eigenvalue weighted by atomic mass is 32.2. The van der Waals surface area contributed by atoms with Gasteiger partial charge in [0.2, 0.25) is 15.9 Å². The molecule has 1 fully saturated rings. The molecule has 0 spiro atoms. The Labute approximate surface area is 163 Å². The molecule has 3 aromatic rings. The molecular formula is C19H21N5O3S. The normalized spacial score (nSPS) is 18.0. The lowest BCUT2D eigenvalue weighted by Crippen LogP contribution is -2.52. The number of anilines is 1. The summed E-state index contributed by atoms with van der Waals surface area (Å²) in [7, 11) is -2.15. The van der Waals surface area contributed by atoms with Gasteiger partial charge in [-0.2, -0.15) is 9.82 Å². The third-order valence-corrected chi connectivity index (χ3v) is 6.56. The minimum Gasteiger partial charge on any atom is -0.296 e. The molecule has 9 heteroatoms. The van der Waals surface area contributed by atoms with E-state index in [1.165, 1.54) is 0 Å². The summed E-state index contributed by atoms with van der Waals surface area (Å²) in [6.45, 7) is 2.42. The highest BCUT2D eigenvalue weighted by molar-refractivity contribution is 7.89. The lowest BCUT2D eigenvalue weighted by molar-refractivity contribution is -0.121. The number of aryl methyl sites for hydroxylation is 2. The monoisotopic (exact) mass is 399 g/mol. The molecule has 1 N–H and O–H groups in total. The van der Waals surface area contributed by atoms with Gasteiger partial charge in [0.25, 0.3) is 0 Å². The molecule has 1 atom stereocenters. The predicted octanol–water partition coefficient (Wildman–Crippen LogP) is 1.75. The lowest BCUT2D eigenvalue weighted by atomic mass is 10.1. The zero-order valence-electron chi connectivity index (χ0n) is 15.7. The van der Waals surface area contributed by atoms with E-state index >= 15 is 0 Å². The second-order valence-corrected chi connectivity index (χ2v) is 8.58. The molecule has 28 heavy (non-hydrogen) atoms. The smallest absolute Gasteiger partial charge is 0.246 e. The summed E-state index contributed by atoms with van der Waals surface area (Å²) in [6, 6.07) is 7.66. The summed E-state index contributed by atoms with van der Waals surface area (Å²) >= 11 is 0. The Kier molecular flexibility index (Phi) is 4.64. The number of piperidine rings is 1. The maximum Gasteiger partial charge on any atom is 0.246 e. The molecule has 0 radical (unpaired) electrons. The number of fused-ring (bicyclic) bond motifs is 1. The number of nitrogens with one attached hydrogen (secondary N) is 1. The van der Waals surface area contributed by atoms with Crippen molar-refractivity contribution in [2.45, 2.75) is 30.7 Å². The molecule has 0 saturated carbocycles. The van der Waals surface area contributed by atoms with Gasteiger partial charge in [-0.25, -0.2) is 8.42 Å². The van der Waals surface area contributed by atoms with Crippen LogP contribution in [0, 0.1) is 6.92 Å². The molecule has 1 aliphatic heterocycles. The van der Waals surface area contributed by atoms with E-state index in [-0.39, 0.29) is 10.8 Å². The summed E-state index contributed by atoms with van der Waals surface area (Å²) in [6.07, 6.45) is 4.40. The first-order valence-electron chi connectivity index (χ1n) is 9.04. The maximum atomic E-state index is 13.1. The first kappa shape index (κ1) is 18.6. The molecule has 0 bridgehead atoms. The molecule has 1 saturated heterocycles. The first-order valence-corrected chi connectivity index (χ1v) is 10.5. The average Bonchev–Trinajstić information content (AvgIpc) is 3.09. The lowest BCUT2D eigenvalue weighted by Gasteiger charge is -2.32. The van der Waals surface area contributed by atoms with Crippen LogP contribution in [0.4, 0.5) is 5.82 Å². The number of carbonyl (C=O) groups excluding carboxylic acids is 1. The van der Waals surface area contributed by atoms with Gasteiger partial charge in [0.05, 0.1) is 16.6 Å². The molecule has 146 valence electrons. The van der Waals surface area contributed by atoms with Gasteiger partial charge in [0.15, 0.2) is 0 Å². The van der Waals surface area contributed by atoms with Crippen molar-refractivity contribution in [3.8, 4) is 0 Å². The van der Waals surface area contributed by atoms with E-state index in [4.69, 9.17) is 0 Å². The number of sulfonamides is 1. The standard InChI is InChI=1S/C19H21N5O3S/c1-13-7-8-16(14-5-3-10-20-18(13)14)28(26,27)22-15-6-4-12-24(19(15)25)17-9-11-21-23(17)2/h3,5,7-11,15,22H,4,6,12H2,1-2H3/t15-/m1/s1. The molecule has 2 aromatic heterocycles. The van der Waals surface area contributed by atoms with Crippen LogP contribution < -0.4 is 9.62 Å². The van der Waals surface area contributed by atoms with Crippen LogP contribution in [-0.4, -0.2) is 41.7 Å². The van der Waals surface area contributed by atoms with Gasteiger partial charge in [-0.15, -0.1) is 0 Å². The first-order chi connectivity index (χ1) is 13.4. The topological polar surface area (TPSA) is 97.2 Å². The Bertz CT molecular complexity index is 1160. The molecule has 3 heterocycles. The van der Waals surface area contributed by atoms with E-state index in [2.05, 4.69) is 14.8 Å². The molecule has 8 nitrogen and oxygen atoms in total. The van der Waals surface area contributed by atoms with Crippen LogP contribution in [0.2, 0.25) is 0 Å². The highest BCUT2D eigenvalue weighted by Crippen LogP contribution is 2.26. The number of aromatic nitrogens is 3. The fraction of sp³-hybridized carbons (Fsp3) is 0.316. The highest BCUT2D eigenvalue weighted by Gasteiger charge is 2.34. The fourth-order valence-corrected chi connectivity index (χ4v) is 5.04. The average molecular weight is 399 g/mol. The minimum absolute atomic E-state index is 0.131. The van der Waals surface area contributed by atoms with Crippen LogP contribution in [0.1, 0.15) is 18.4 Å². The zero-order valence-corrected chi connectivity index (χ0v) is 16.5. The minimum atomic E-state index is -3.90. The summed E-state index contributed by atoms with van der Waals surface area (Å²) in [5.41, 5.74) is 1.53. The second kappa shape index (κ2) is 6.99. The van der Waals surface area contributed by atoms with Gasteiger partial charge in [0.1, 0.15) is 11.9 Å². The second-order valence-electron chi connectivity index (χ2n) is 6.90. The van der Waals surface area contributed by atoms with Gasteiger partial charge >= 0.3 is 0 Å². The zero-order chi connectivity index (χ0) is 19.9. The third-order valence-electron chi connectivity index (χ3n) is 5.03. The maximum absolute atomic E-state index is 13.1. The van der Waals surface area contributed by atoms with Crippen LogP contribution in [0.5, 0.6) is 0 Å². The molecular weight excluding hydrogens is 378 g/mol. The molecule has 1 aromatic carbocycles. The Hall–Kier alpha value is -2.78. The Morgan fingerprint density at radius 3 is 2.75 bits per heavy atom. The number of pyridine rings is 1. The number of carbonyl (C=O) groups is 1. The largest absolute Gasteiger partial charge is 0.296 e. The van der Waals surface area contributed by atoms with Crippen LogP contribution in [0.3, 0.4) is 0 Å². The quantitative estimate of drug-likeness (QED) is 0.721. The van der Waals surface area contributed by atoms with Crippen molar-refractivity contribution in [1.82, 2.24) is 19.5 Å². The van der Waals surface area contributed by atoms with Crippen LogP contribution in [-0.2, 0) is 21.9 Å². The van der Waals surface area contributed by atoms with E-state index in [9.17, 15) is 13.2 Å². The van der Waals surface area contributed by atoms with E-state index < -0.39 is 16.1 Å². The number of hydrogen-bond donors (Lipinski definition) is 1. The van der Waals surface area contributed by atoms with Crippen molar-refractivity contribution in [1.29, 1.82) is 0 Å². The van der Waals surface area contributed by atoms with Crippen molar-refractivity contribution >= 4 is 32.7 Å². The van der Waals surface area contributed by atoms with Crippen LogP contribution >= 0.6 is 0 Å². The van der Waals surface area contributed by atoms with E-state index in [1.54, 1.807) is 59.4 Å². The molecule has 1 aliphatic rings. The molecule has 0 unspecified atom stereocenters. The van der Waals surface area contributed by atoms with Crippen molar-refractivity contribution in [2.75, 3.05) is 11.4 Å². The molecule has 4 rings (SSSR count). The van der Waals surface area contributed by atoms with Crippen molar-refractivity contribution in [3.05, 3.63) is 48.3 Å². The number of benzene rings is 1. The van der Waals surface area contributed by atoms with Crippen molar-refractivity contribution in [2.24, 2.45) is 7.05 Å². The summed E-state index contributed by atoms with van der Waals surface area (Å²) in [5, 5.41) is 4.64. The number of nitrogens with zero attached hydrogens (tertiary/aromatic N) is 4. The SMILES string of the molecule is Cc1ccc(S(=O)(=O)N[C@@H]2CCCN(c3ccnn3C)C2=O)c2cccnc12. The Morgan fingerprint density at radius 1 is 1.18 bits per heavy atom. The Balaban J connectivity index is 1.66. The summed E-state index contributed by atoms with van der Waals surface area (Å²) in [5.74, 6) is 0.381. The van der Waals surface area contributed by atoms with Gasteiger partial charge < -0.3 is 0 Å². The Morgan fingerprint density at radius 2 is 2.00 bits per heavy atom. The molecule has 0 aliphatic carbocycles. The predicted molar refractivity (Wildman–Crippen MR) is 105 cm³/mol. The van der Waals surface area contributed by atoms with E-state index in [1.807, 2.05) is 6.92 Å². The van der Waals surface area contributed by atoms with Gasteiger partial charge in [-0.3, -0.25) is 19.4 Å². The number of hydrogen-bond acceptors (Lipinski definition) is 5. The number of amides is 1. The van der Waals surface area contributed by atoms with Crippen LogP contribution in [0.25, 0.3) is 10.9 Å². The fourth-order valence-electron chi connectivity index (χ4n) is 3.62. The van der Waals surface area contributed by atoms with E-state index in [0.29, 0.717) is 36.1 Å². The summed E-state index contributed by atoms with van der Waals surface area (Å²) < 4.78 is 30.4. The van der Waals surface area contributed by atoms with Crippen molar-refractivity contribution in [3.63, 3.8) is 0 Å².